The number of amides is 2. The van der Waals surface area contributed by atoms with Crippen LogP contribution in [0.15, 0.2) is 24.4 Å². The second-order valence-electron chi connectivity index (χ2n) is 8.34. The van der Waals surface area contributed by atoms with Gasteiger partial charge >= 0.3 is 5.92 Å². The average molecular weight is 475 g/mol. The fourth-order valence-electron chi connectivity index (χ4n) is 4.52. The van der Waals surface area contributed by atoms with Gasteiger partial charge in [-0.2, -0.15) is 13.8 Å². The minimum absolute atomic E-state index is 0.0742. The zero-order valence-corrected chi connectivity index (χ0v) is 19.4. The Bertz CT molecular complexity index is 1090. The summed E-state index contributed by atoms with van der Waals surface area (Å²) in [7, 11) is 3.01. The van der Waals surface area contributed by atoms with Gasteiger partial charge in [-0.1, -0.05) is 12.8 Å². The molecule has 1 aliphatic carbocycles. The number of nitrogens with zero attached hydrogens (tertiary/aromatic N) is 4. The maximum absolute atomic E-state index is 14.9. The van der Waals surface area contributed by atoms with Crippen LogP contribution in [0.1, 0.15) is 43.0 Å². The van der Waals surface area contributed by atoms with E-state index in [1.807, 2.05) is 0 Å². The molecule has 9 nitrogen and oxygen atoms in total. The predicted molar refractivity (Wildman–Crippen MR) is 124 cm³/mol. The fourth-order valence-corrected chi connectivity index (χ4v) is 4.52. The molecule has 2 aliphatic rings. The number of benzene rings is 1. The quantitative estimate of drug-likeness (QED) is 0.662. The van der Waals surface area contributed by atoms with Crippen molar-refractivity contribution in [1.29, 1.82) is 0 Å². The molecule has 0 unspecified atom stereocenters. The van der Waals surface area contributed by atoms with Crippen molar-refractivity contribution >= 4 is 35.0 Å². The number of aromatic nitrogens is 2. The van der Waals surface area contributed by atoms with E-state index in [2.05, 4.69) is 20.6 Å². The summed E-state index contributed by atoms with van der Waals surface area (Å²) in [6.45, 7) is 0.999. The highest BCUT2D eigenvalue weighted by atomic mass is 19.3. The summed E-state index contributed by atoms with van der Waals surface area (Å²) < 4.78 is 35.2. The number of carbonyl (C=O) groups excluding carboxylic acids is 2. The van der Waals surface area contributed by atoms with Gasteiger partial charge in [0.1, 0.15) is 11.4 Å². The Morgan fingerprint density at radius 3 is 2.68 bits per heavy atom. The van der Waals surface area contributed by atoms with E-state index < -0.39 is 18.4 Å². The smallest absolute Gasteiger partial charge is 0.342 e. The van der Waals surface area contributed by atoms with E-state index in [4.69, 9.17) is 4.74 Å². The van der Waals surface area contributed by atoms with Gasteiger partial charge in [-0.25, -0.2) is 4.98 Å². The molecule has 1 fully saturated rings. The van der Waals surface area contributed by atoms with Gasteiger partial charge in [0.25, 0.3) is 11.8 Å². The van der Waals surface area contributed by atoms with Gasteiger partial charge < -0.3 is 25.2 Å². The highest BCUT2D eigenvalue weighted by Crippen LogP contribution is 2.40. The fraction of sp³-hybridized carbons (Fsp3) is 0.478. The number of hydrogen-bond donors (Lipinski definition) is 2. The highest BCUT2D eigenvalue weighted by molar-refractivity contribution is 6.02. The van der Waals surface area contributed by atoms with E-state index >= 15 is 0 Å². The van der Waals surface area contributed by atoms with Crippen molar-refractivity contribution in [2.75, 3.05) is 42.4 Å². The van der Waals surface area contributed by atoms with Gasteiger partial charge in [0, 0.05) is 25.2 Å². The van der Waals surface area contributed by atoms with Crippen LogP contribution in [0.25, 0.3) is 0 Å². The number of alkyl halides is 2. The molecule has 0 atom stereocenters. The lowest BCUT2D eigenvalue weighted by atomic mass is 10.1. The topological polar surface area (TPSA) is 99.7 Å². The number of anilines is 4. The summed E-state index contributed by atoms with van der Waals surface area (Å²) in [6.07, 6.45) is 4.81. The van der Waals surface area contributed by atoms with Crippen LogP contribution in [0.5, 0.6) is 5.75 Å². The van der Waals surface area contributed by atoms with E-state index in [0.717, 1.165) is 30.6 Å². The lowest BCUT2D eigenvalue weighted by Crippen LogP contribution is -2.49. The second-order valence-corrected chi connectivity index (χ2v) is 8.34. The Hall–Kier alpha value is -3.50. The molecular weight excluding hydrogens is 446 g/mol. The SMILES string of the molecule is CCN1C(=O)C(F)(F)CN(C2CCCC2)c2nc(Nc3ccc(C(=O)NC)cc3OC)ncc21. The van der Waals surface area contributed by atoms with Crippen LogP contribution >= 0.6 is 0 Å². The van der Waals surface area contributed by atoms with Gasteiger partial charge in [0.2, 0.25) is 5.95 Å². The van der Waals surface area contributed by atoms with E-state index in [9.17, 15) is 18.4 Å². The number of carbonyl (C=O) groups is 2. The standard InChI is InChI=1S/C23H28F2N6O3/c1-4-30-17-12-27-22(28-16-10-9-14(20(32)26-2)11-18(16)34-3)29-19(17)31(15-7-5-6-8-15)13-23(24,25)21(30)33/h9-12,15H,4-8,13H2,1-3H3,(H,26,32)(H,27,28,29). The van der Waals surface area contributed by atoms with Crippen LogP contribution in [0.3, 0.4) is 0 Å². The van der Waals surface area contributed by atoms with Crippen molar-refractivity contribution in [2.24, 2.45) is 0 Å². The number of fused-ring (bicyclic) bond motifs is 1. The van der Waals surface area contributed by atoms with E-state index in [1.165, 1.54) is 20.4 Å². The molecule has 0 spiro atoms. The zero-order chi connectivity index (χ0) is 24.5. The van der Waals surface area contributed by atoms with Crippen LogP contribution in [-0.4, -0.2) is 61.0 Å². The van der Waals surface area contributed by atoms with Gasteiger partial charge in [0.15, 0.2) is 5.82 Å². The molecule has 2 heterocycles. The summed E-state index contributed by atoms with van der Waals surface area (Å²) in [5, 5.41) is 5.61. The molecule has 11 heteroatoms. The average Bonchev–Trinajstić information content (AvgIpc) is 3.35. The maximum Gasteiger partial charge on any atom is 0.342 e. The normalized spacial score (nSPS) is 17.9. The molecular formula is C23H28F2N6O3. The Balaban J connectivity index is 1.74. The van der Waals surface area contributed by atoms with Crippen LogP contribution in [-0.2, 0) is 4.79 Å². The molecule has 1 aromatic heterocycles. The number of ether oxygens (including phenoxy) is 1. The van der Waals surface area contributed by atoms with E-state index in [0.29, 0.717) is 22.8 Å². The molecule has 34 heavy (non-hydrogen) atoms. The van der Waals surface area contributed by atoms with Gasteiger partial charge in [-0.3, -0.25) is 9.59 Å². The third-order valence-electron chi connectivity index (χ3n) is 6.26. The summed E-state index contributed by atoms with van der Waals surface area (Å²) >= 11 is 0. The Morgan fingerprint density at radius 1 is 1.29 bits per heavy atom. The first kappa shape index (κ1) is 23.7. The molecule has 4 rings (SSSR count). The molecule has 1 aliphatic heterocycles. The van der Waals surface area contributed by atoms with Crippen LogP contribution < -0.4 is 25.2 Å². The van der Waals surface area contributed by atoms with E-state index in [1.54, 1.807) is 30.0 Å². The van der Waals surface area contributed by atoms with Crippen molar-refractivity contribution in [3.05, 3.63) is 30.0 Å². The summed E-state index contributed by atoms with van der Waals surface area (Å²) in [6, 6.07) is 4.73. The molecule has 1 aromatic carbocycles. The third kappa shape index (κ3) is 4.34. The first-order chi connectivity index (χ1) is 16.3. The lowest BCUT2D eigenvalue weighted by Gasteiger charge is -2.31. The highest BCUT2D eigenvalue weighted by Gasteiger charge is 2.49. The zero-order valence-electron chi connectivity index (χ0n) is 19.4. The second kappa shape index (κ2) is 9.40. The Morgan fingerprint density at radius 2 is 2.03 bits per heavy atom. The van der Waals surface area contributed by atoms with Crippen molar-refractivity contribution < 1.29 is 23.1 Å². The molecule has 1 saturated carbocycles. The van der Waals surface area contributed by atoms with Gasteiger partial charge in [-0.05, 0) is 38.0 Å². The summed E-state index contributed by atoms with van der Waals surface area (Å²) in [5.74, 6) is -4.18. The first-order valence-electron chi connectivity index (χ1n) is 11.3. The largest absolute Gasteiger partial charge is 0.495 e. The van der Waals surface area contributed by atoms with Crippen molar-refractivity contribution in [2.45, 2.75) is 44.6 Å². The number of hydrogen-bond acceptors (Lipinski definition) is 7. The number of nitrogens with one attached hydrogen (secondary N) is 2. The van der Waals surface area contributed by atoms with E-state index in [-0.39, 0.29) is 30.1 Å². The van der Waals surface area contributed by atoms with Crippen LogP contribution in [0, 0.1) is 0 Å². The monoisotopic (exact) mass is 474 g/mol. The molecule has 0 bridgehead atoms. The Labute approximate surface area is 196 Å². The van der Waals surface area contributed by atoms with Crippen LogP contribution in [0.2, 0.25) is 0 Å². The minimum Gasteiger partial charge on any atom is -0.495 e. The minimum atomic E-state index is -3.54. The predicted octanol–water partition coefficient (Wildman–Crippen LogP) is 3.34. The molecule has 2 amide bonds. The molecule has 2 N–H and O–H groups in total. The van der Waals surface area contributed by atoms with Gasteiger partial charge in [-0.15, -0.1) is 0 Å². The summed E-state index contributed by atoms with van der Waals surface area (Å²) in [4.78, 5) is 36.0. The maximum atomic E-state index is 14.9. The first-order valence-corrected chi connectivity index (χ1v) is 11.3. The number of rotatable bonds is 6. The Kier molecular flexibility index (Phi) is 6.54. The molecule has 0 radical (unpaired) electrons. The lowest BCUT2D eigenvalue weighted by molar-refractivity contribution is -0.140. The molecule has 0 saturated heterocycles. The molecule has 2 aromatic rings. The van der Waals surface area contributed by atoms with Gasteiger partial charge in [0.05, 0.1) is 25.5 Å². The molecule has 182 valence electrons. The third-order valence-corrected chi connectivity index (χ3v) is 6.26. The number of halogens is 2. The summed E-state index contributed by atoms with van der Waals surface area (Å²) in [5.41, 5.74) is 1.19. The van der Waals surface area contributed by atoms with Crippen molar-refractivity contribution in [3.63, 3.8) is 0 Å². The van der Waals surface area contributed by atoms with Crippen molar-refractivity contribution in [1.82, 2.24) is 15.3 Å². The van der Waals surface area contributed by atoms with Crippen LogP contribution in [0.4, 0.5) is 31.9 Å². The number of methoxy groups -OCH3 is 1. The van der Waals surface area contributed by atoms with Crippen molar-refractivity contribution in [3.8, 4) is 5.75 Å².